The molecular weight excluding hydrogens is 324 g/mol. The van der Waals surface area contributed by atoms with Crippen LogP contribution in [0.15, 0.2) is 72.9 Å². The quantitative estimate of drug-likeness (QED) is 0.501. The van der Waals surface area contributed by atoms with E-state index in [0.717, 1.165) is 53.3 Å². The normalized spacial score (nSPS) is 45.9. The lowest BCUT2D eigenvalue weighted by Gasteiger charge is -2.28. The number of rotatable bonds is 5. The van der Waals surface area contributed by atoms with Crippen molar-refractivity contribution in [2.24, 2.45) is 53.3 Å². The molecular formula is C27H34. The van der Waals surface area contributed by atoms with Crippen molar-refractivity contribution in [1.82, 2.24) is 0 Å². The zero-order valence-corrected chi connectivity index (χ0v) is 16.7. The third-order valence-electron chi connectivity index (χ3n) is 8.32. The van der Waals surface area contributed by atoms with Gasteiger partial charge in [0.2, 0.25) is 0 Å². The van der Waals surface area contributed by atoms with Crippen molar-refractivity contribution in [3.8, 4) is 0 Å². The standard InChI is InChI=1S/C27H34/c1-2-9-19-18-20(22-11-4-3-10-21(19)22)16-17-27-25-14-7-5-12-23(25)24-13-6-8-15-26(24)27/h3-8,10-15,19-27H,2,9,16-18H2,1H3. The first-order chi connectivity index (χ1) is 13.4. The molecule has 0 spiro atoms. The number of fused-ring (bicyclic) bond motifs is 4. The van der Waals surface area contributed by atoms with Crippen LogP contribution >= 0.6 is 0 Å². The predicted molar refractivity (Wildman–Crippen MR) is 115 cm³/mol. The lowest BCUT2D eigenvalue weighted by Crippen LogP contribution is -2.19. The van der Waals surface area contributed by atoms with Crippen molar-refractivity contribution < 1.29 is 0 Å². The second-order valence-electron chi connectivity index (χ2n) is 9.56. The largest absolute Gasteiger partial charge is 0.0806 e. The third kappa shape index (κ3) is 3.06. The molecule has 2 saturated carbocycles. The molecule has 5 rings (SSSR count). The first kappa shape index (κ1) is 17.5. The molecule has 0 amide bonds. The maximum absolute atomic E-state index is 2.54. The van der Waals surface area contributed by atoms with E-state index in [2.05, 4.69) is 79.8 Å². The summed E-state index contributed by atoms with van der Waals surface area (Å²) in [5, 5.41) is 0. The molecule has 0 bridgehead atoms. The molecule has 5 aliphatic rings. The molecule has 0 aliphatic heterocycles. The van der Waals surface area contributed by atoms with Crippen LogP contribution in [0.5, 0.6) is 0 Å². The summed E-state index contributed by atoms with van der Waals surface area (Å²) in [5.74, 6) is 7.24. The Morgan fingerprint density at radius 2 is 0.963 bits per heavy atom. The first-order valence-corrected chi connectivity index (χ1v) is 11.4. The lowest BCUT2D eigenvalue weighted by molar-refractivity contribution is 0.291. The number of hydrogen-bond acceptors (Lipinski definition) is 0. The topological polar surface area (TPSA) is 0 Å². The van der Waals surface area contributed by atoms with Gasteiger partial charge >= 0.3 is 0 Å². The highest BCUT2D eigenvalue weighted by Crippen LogP contribution is 2.54. The summed E-state index contributed by atoms with van der Waals surface area (Å²) in [6, 6.07) is 0. The smallest absolute Gasteiger partial charge is 0.00956 e. The maximum Gasteiger partial charge on any atom is -0.00956 e. The summed E-state index contributed by atoms with van der Waals surface area (Å²) in [6.45, 7) is 2.36. The van der Waals surface area contributed by atoms with Crippen molar-refractivity contribution in [3.05, 3.63) is 72.9 Å². The van der Waals surface area contributed by atoms with Gasteiger partial charge in [0.15, 0.2) is 0 Å². The van der Waals surface area contributed by atoms with Crippen LogP contribution in [-0.2, 0) is 0 Å². The van der Waals surface area contributed by atoms with E-state index in [1.807, 2.05) is 0 Å². The lowest BCUT2D eigenvalue weighted by atomic mass is 9.77. The van der Waals surface area contributed by atoms with Gasteiger partial charge < -0.3 is 0 Å². The maximum atomic E-state index is 2.54. The second-order valence-corrected chi connectivity index (χ2v) is 9.56. The summed E-state index contributed by atoms with van der Waals surface area (Å²) < 4.78 is 0. The average molecular weight is 359 g/mol. The molecule has 0 radical (unpaired) electrons. The summed E-state index contributed by atoms with van der Waals surface area (Å²) in [6.07, 6.45) is 35.9. The van der Waals surface area contributed by atoms with E-state index < -0.39 is 0 Å². The van der Waals surface area contributed by atoms with Crippen LogP contribution in [0.2, 0.25) is 0 Å². The van der Waals surface area contributed by atoms with Crippen LogP contribution < -0.4 is 0 Å². The third-order valence-corrected chi connectivity index (χ3v) is 8.32. The summed E-state index contributed by atoms with van der Waals surface area (Å²) in [4.78, 5) is 0. The fourth-order valence-electron chi connectivity index (χ4n) is 7.24. The zero-order valence-electron chi connectivity index (χ0n) is 16.7. The molecule has 0 aromatic heterocycles. The molecule has 142 valence electrons. The van der Waals surface area contributed by atoms with E-state index in [4.69, 9.17) is 0 Å². The van der Waals surface area contributed by atoms with E-state index in [-0.39, 0.29) is 0 Å². The fraction of sp³-hybridized carbons (Fsp3) is 0.556. The second kappa shape index (κ2) is 7.46. The van der Waals surface area contributed by atoms with Crippen LogP contribution in [-0.4, -0.2) is 0 Å². The van der Waals surface area contributed by atoms with E-state index >= 15 is 0 Å². The number of hydrogen-bond donors (Lipinski definition) is 0. The first-order valence-electron chi connectivity index (χ1n) is 11.4. The summed E-state index contributed by atoms with van der Waals surface area (Å²) >= 11 is 0. The molecule has 27 heavy (non-hydrogen) atoms. The van der Waals surface area contributed by atoms with Crippen molar-refractivity contribution in [2.75, 3.05) is 0 Å². The minimum Gasteiger partial charge on any atom is -0.0806 e. The fourth-order valence-corrected chi connectivity index (χ4v) is 7.24. The Labute approximate surface area is 165 Å². The highest BCUT2D eigenvalue weighted by molar-refractivity contribution is 5.28. The molecule has 8 unspecified atom stereocenters. The van der Waals surface area contributed by atoms with Gasteiger partial charge in [-0.2, -0.15) is 0 Å². The van der Waals surface area contributed by atoms with Crippen molar-refractivity contribution in [1.29, 1.82) is 0 Å². The van der Waals surface area contributed by atoms with E-state index in [1.165, 1.54) is 32.1 Å². The van der Waals surface area contributed by atoms with Crippen LogP contribution in [0, 0.1) is 53.3 Å². The zero-order chi connectivity index (χ0) is 18.2. The van der Waals surface area contributed by atoms with Gasteiger partial charge in [-0.25, -0.2) is 0 Å². The number of allylic oxidation sites excluding steroid dienone is 12. The van der Waals surface area contributed by atoms with E-state index in [0.29, 0.717) is 0 Å². The van der Waals surface area contributed by atoms with Crippen molar-refractivity contribution >= 4 is 0 Å². The summed E-state index contributed by atoms with van der Waals surface area (Å²) in [5.41, 5.74) is 0. The van der Waals surface area contributed by atoms with Gasteiger partial charge in [-0.15, -0.1) is 0 Å². The Kier molecular flexibility index (Phi) is 4.84. The Morgan fingerprint density at radius 1 is 0.519 bits per heavy atom. The molecule has 0 N–H and O–H groups in total. The van der Waals surface area contributed by atoms with Crippen LogP contribution in [0.3, 0.4) is 0 Å². The minimum atomic E-state index is 0.730. The van der Waals surface area contributed by atoms with Gasteiger partial charge in [-0.1, -0.05) is 92.7 Å². The Hall–Kier alpha value is -1.56. The molecule has 8 atom stereocenters. The van der Waals surface area contributed by atoms with E-state index in [9.17, 15) is 0 Å². The van der Waals surface area contributed by atoms with Crippen LogP contribution in [0.1, 0.15) is 39.0 Å². The van der Waals surface area contributed by atoms with Crippen molar-refractivity contribution in [2.45, 2.75) is 39.0 Å². The van der Waals surface area contributed by atoms with Crippen LogP contribution in [0.25, 0.3) is 0 Å². The highest BCUT2D eigenvalue weighted by atomic mass is 14.5. The Bertz CT molecular complexity index is 680. The molecule has 0 aromatic rings. The molecule has 0 heteroatoms. The SMILES string of the molecule is CCCC1CC(CCC2C3C=CC=CC3C3C=CC=CC32)C2C=CC=CC12. The minimum absolute atomic E-state index is 0.730. The van der Waals surface area contributed by atoms with E-state index in [1.54, 1.807) is 0 Å². The molecule has 0 aromatic carbocycles. The molecule has 0 saturated heterocycles. The summed E-state index contributed by atoms with van der Waals surface area (Å²) in [7, 11) is 0. The van der Waals surface area contributed by atoms with Gasteiger partial charge in [0, 0.05) is 0 Å². The average Bonchev–Trinajstić information content (AvgIpc) is 3.23. The molecule has 0 nitrogen and oxygen atoms in total. The molecule has 0 heterocycles. The highest BCUT2D eigenvalue weighted by Gasteiger charge is 2.47. The van der Waals surface area contributed by atoms with Gasteiger partial charge in [-0.3, -0.25) is 0 Å². The Balaban J connectivity index is 1.31. The Morgan fingerprint density at radius 3 is 1.48 bits per heavy atom. The molecule has 5 aliphatic carbocycles. The molecule has 2 fully saturated rings. The van der Waals surface area contributed by atoms with Gasteiger partial charge in [-0.05, 0) is 72.5 Å². The monoisotopic (exact) mass is 358 g/mol. The van der Waals surface area contributed by atoms with Crippen LogP contribution in [0.4, 0.5) is 0 Å². The van der Waals surface area contributed by atoms with Gasteiger partial charge in [0.1, 0.15) is 0 Å². The van der Waals surface area contributed by atoms with Gasteiger partial charge in [0.25, 0.3) is 0 Å². The van der Waals surface area contributed by atoms with Crippen molar-refractivity contribution in [3.63, 3.8) is 0 Å². The van der Waals surface area contributed by atoms with Gasteiger partial charge in [0.05, 0.1) is 0 Å². The predicted octanol–water partition coefficient (Wildman–Crippen LogP) is 6.91.